The summed E-state index contributed by atoms with van der Waals surface area (Å²) in [6, 6.07) is 15.3. The van der Waals surface area contributed by atoms with E-state index in [4.69, 9.17) is 4.74 Å². The van der Waals surface area contributed by atoms with Crippen LogP contribution < -0.4 is 5.32 Å². The van der Waals surface area contributed by atoms with E-state index in [9.17, 15) is 9.59 Å². The van der Waals surface area contributed by atoms with Crippen molar-refractivity contribution in [3.63, 3.8) is 0 Å². The van der Waals surface area contributed by atoms with Crippen LogP contribution in [0.4, 0.5) is 5.69 Å². The van der Waals surface area contributed by atoms with Gasteiger partial charge in [-0.05, 0) is 31.5 Å². The van der Waals surface area contributed by atoms with Gasteiger partial charge in [-0.2, -0.15) is 0 Å². The van der Waals surface area contributed by atoms with Gasteiger partial charge in [-0.1, -0.05) is 42.0 Å². The van der Waals surface area contributed by atoms with E-state index in [2.05, 4.69) is 10.3 Å². The van der Waals surface area contributed by atoms with Crippen molar-refractivity contribution in [1.82, 2.24) is 4.98 Å². The number of nitrogens with zero attached hydrogens (tertiary/aromatic N) is 1. The first-order valence-corrected chi connectivity index (χ1v) is 8.95. The van der Waals surface area contributed by atoms with Gasteiger partial charge in [0.1, 0.15) is 5.01 Å². The van der Waals surface area contributed by atoms with E-state index in [0.717, 1.165) is 21.7 Å². The van der Waals surface area contributed by atoms with Crippen LogP contribution in [0.1, 0.15) is 21.6 Å². The number of hydrogen-bond acceptors (Lipinski definition) is 5. The Morgan fingerprint density at radius 2 is 1.85 bits per heavy atom. The monoisotopic (exact) mass is 366 g/mol. The smallest absolute Gasteiger partial charge is 0.358 e. The van der Waals surface area contributed by atoms with Gasteiger partial charge in [0.15, 0.2) is 12.3 Å². The summed E-state index contributed by atoms with van der Waals surface area (Å²) in [6.07, 6.45) is 0. The molecule has 0 aliphatic rings. The Morgan fingerprint density at radius 1 is 1.08 bits per heavy atom. The molecule has 6 heteroatoms. The van der Waals surface area contributed by atoms with E-state index in [-0.39, 0.29) is 12.3 Å². The zero-order chi connectivity index (χ0) is 18.5. The van der Waals surface area contributed by atoms with E-state index in [1.54, 1.807) is 11.4 Å². The molecule has 0 spiro atoms. The Labute approximate surface area is 155 Å². The molecule has 3 rings (SSSR count). The number of amides is 1. The minimum atomic E-state index is -0.612. The fourth-order valence-corrected chi connectivity index (χ4v) is 3.12. The van der Waals surface area contributed by atoms with Crippen LogP contribution in [0.3, 0.4) is 0 Å². The number of carbonyl (C=O) groups excluding carboxylic acids is 2. The van der Waals surface area contributed by atoms with Gasteiger partial charge >= 0.3 is 5.97 Å². The molecule has 132 valence electrons. The first kappa shape index (κ1) is 17.8. The van der Waals surface area contributed by atoms with Gasteiger partial charge in [-0.25, -0.2) is 9.78 Å². The van der Waals surface area contributed by atoms with Crippen LogP contribution in [-0.2, 0) is 9.53 Å². The zero-order valence-electron chi connectivity index (χ0n) is 14.5. The molecular formula is C20H18N2O3S. The molecule has 0 fully saturated rings. The molecule has 0 saturated carbocycles. The molecule has 1 heterocycles. The third-order valence-corrected chi connectivity index (χ3v) is 4.54. The number of esters is 1. The molecule has 1 N–H and O–H groups in total. The zero-order valence-corrected chi connectivity index (χ0v) is 15.3. The largest absolute Gasteiger partial charge is 0.451 e. The van der Waals surface area contributed by atoms with Gasteiger partial charge in [0.2, 0.25) is 0 Å². The van der Waals surface area contributed by atoms with Crippen LogP contribution >= 0.6 is 11.3 Å². The van der Waals surface area contributed by atoms with Crippen molar-refractivity contribution in [2.45, 2.75) is 13.8 Å². The quantitative estimate of drug-likeness (QED) is 0.687. The molecule has 0 aliphatic carbocycles. The summed E-state index contributed by atoms with van der Waals surface area (Å²) in [5, 5.41) is 5.06. The third-order valence-electron chi connectivity index (χ3n) is 3.65. The maximum Gasteiger partial charge on any atom is 0.358 e. The van der Waals surface area contributed by atoms with E-state index in [0.29, 0.717) is 5.69 Å². The lowest BCUT2D eigenvalue weighted by Gasteiger charge is -2.06. The summed E-state index contributed by atoms with van der Waals surface area (Å²) in [6.45, 7) is 3.59. The van der Waals surface area contributed by atoms with E-state index in [1.165, 1.54) is 11.3 Å². The molecule has 1 amide bonds. The number of aryl methyl sites for hydroxylation is 2. The molecule has 0 aliphatic heterocycles. The van der Waals surface area contributed by atoms with Crippen LogP contribution in [0.25, 0.3) is 10.6 Å². The first-order chi connectivity index (χ1) is 12.5. The standard InChI is InChI=1S/C20H18N2O3S/c1-13-6-8-15(9-7-13)19-22-17(12-26-19)20(24)25-11-18(23)21-16-5-3-4-14(2)10-16/h3-10,12H,11H2,1-2H3,(H,21,23). The summed E-state index contributed by atoms with van der Waals surface area (Å²) in [4.78, 5) is 28.3. The molecule has 1 aromatic heterocycles. The van der Waals surface area contributed by atoms with Crippen molar-refractivity contribution in [1.29, 1.82) is 0 Å². The molecule has 5 nitrogen and oxygen atoms in total. The van der Waals surface area contributed by atoms with Crippen LogP contribution in [0.15, 0.2) is 53.9 Å². The molecular weight excluding hydrogens is 348 g/mol. The van der Waals surface area contributed by atoms with Gasteiger partial charge in [-0.3, -0.25) is 4.79 Å². The Hall–Kier alpha value is -2.99. The second kappa shape index (κ2) is 7.93. The van der Waals surface area contributed by atoms with Crippen LogP contribution in [-0.4, -0.2) is 23.5 Å². The average Bonchev–Trinajstić information content (AvgIpc) is 3.10. The fraction of sp³-hybridized carbons (Fsp3) is 0.150. The molecule has 2 aromatic carbocycles. The van der Waals surface area contributed by atoms with Crippen LogP contribution in [0.5, 0.6) is 0 Å². The molecule has 0 radical (unpaired) electrons. The van der Waals surface area contributed by atoms with E-state index in [1.807, 2.05) is 56.3 Å². The van der Waals surface area contributed by atoms with Crippen LogP contribution in [0.2, 0.25) is 0 Å². The van der Waals surface area contributed by atoms with Gasteiger partial charge in [-0.15, -0.1) is 11.3 Å². The predicted octanol–water partition coefficient (Wildman–Crippen LogP) is 4.22. The molecule has 26 heavy (non-hydrogen) atoms. The molecule has 0 atom stereocenters. The molecule has 0 unspecified atom stereocenters. The number of nitrogens with one attached hydrogen (secondary N) is 1. The number of carbonyl (C=O) groups is 2. The van der Waals surface area contributed by atoms with Crippen molar-refractivity contribution in [2.75, 3.05) is 11.9 Å². The SMILES string of the molecule is Cc1ccc(-c2nc(C(=O)OCC(=O)Nc3cccc(C)c3)cs2)cc1. The third kappa shape index (κ3) is 4.55. The Morgan fingerprint density at radius 3 is 2.58 bits per heavy atom. The Bertz CT molecular complexity index is 932. The summed E-state index contributed by atoms with van der Waals surface area (Å²) in [7, 11) is 0. The fourth-order valence-electron chi connectivity index (χ4n) is 2.32. The van der Waals surface area contributed by atoms with Crippen molar-refractivity contribution in [2.24, 2.45) is 0 Å². The Kier molecular flexibility index (Phi) is 5.43. The second-order valence-corrected chi connectivity index (χ2v) is 6.76. The lowest BCUT2D eigenvalue weighted by atomic mass is 10.2. The highest BCUT2D eigenvalue weighted by Gasteiger charge is 2.15. The van der Waals surface area contributed by atoms with E-state index < -0.39 is 11.9 Å². The minimum absolute atomic E-state index is 0.203. The average molecular weight is 366 g/mol. The first-order valence-electron chi connectivity index (χ1n) is 8.07. The topological polar surface area (TPSA) is 68.3 Å². The van der Waals surface area contributed by atoms with E-state index >= 15 is 0 Å². The molecule has 3 aromatic rings. The minimum Gasteiger partial charge on any atom is -0.451 e. The number of ether oxygens (including phenoxy) is 1. The molecule has 0 bridgehead atoms. The second-order valence-electron chi connectivity index (χ2n) is 5.90. The lowest BCUT2D eigenvalue weighted by Crippen LogP contribution is -2.21. The van der Waals surface area contributed by atoms with Gasteiger partial charge in [0.25, 0.3) is 5.91 Å². The molecule has 0 saturated heterocycles. The van der Waals surface area contributed by atoms with Gasteiger partial charge in [0, 0.05) is 16.6 Å². The highest BCUT2D eigenvalue weighted by Crippen LogP contribution is 2.24. The predicted molar refractivity (Wildman–Crippen MR) is 102 cm³/mol. The highest BCUT2D eigenvalue weighted by molar-refractivity contribution is 7.13. The summed E-state index contributed by atoms with van der Waals surface area (Å²) in [5.74, 6) is -1.00. The number of rotatable bonds is 5. The number of hydrogen-bond donors (Lipinski definition) is 1. The van der Waals surface area contributed by atoms with Crippen molar-refractivity contribution in [3.05, 3.63) is 70.7 Å². The van der Waals surface area contributed by atoms with Crippen LogP contribution in [0, 0.1) is 13.8 Å². The number of aromatic nitrogens is 1. The number of thiazole rings is 1. The van der Waals surface area contributed by atoms with Crippen molar-refractivity contribution >= 4 is 28.9 Å². The summed E-state index contributed by atoms with van der Waals surface area (Å²) in [5.41, 5.74) is 4.00. The lowest BCUT2D eigenvalue weighted by molar-refractivity contribution is -0.119. The van der Waals surface area contributed by atoms with Crippen molar-refractivity contribution in [3.8, 4) is 10.6 Å². The maximum absolute atomic E-state index is 12.1. The highest BCUT2D eigenvalue weighted by atomic mass is 32.1. The normalized spacial score (nSPS) is 10.4. The summed E-state index contributed by atoms with van der Waals surface area (Å²) < 4.78 is 5.05. The number of anilines is 1. The maximum atomic E-state index is 12.1. The van der Waals surface area contributed by atoms with Crippen molar-refractivity contribution < 1.29 is 14.3 Å². The number of benzene rings is 2. The van der Waals surface area contributed by atoms with Gasteiger partial charge in [0.05, 0.1) is 0 Å². The summed E-state index contributed by atoms with van der Waals surface area (Å²) >= 11 is 1.36. The van der Waals surface area contributed by atoms with Gasteiger partial charge < -0.3 is 10.1 Å². The Balaban J connectivity index is 1.56.